The Morgan fingerprint density at radius 3 is 2.75 bits per heavy atom. The van der Waals surface area contributed by atoms with Gasteiger partial charge in [0, 0.05) is 45.0 Å². The van der Waals surface area contributed by atoms with Gasteiger partial charge in [0.2, 0.25) is 0 Å². The fourth-order valence-corrected chi connectivity index (χ4v) is 3.37. The van der Waals surface area contributed by atoms with E-state index in [4.69, 9.17) is 0 Å². The molecule has 0 radical (unpaired) electrons. The highest BCUT2D eigenvalue weighted by atomic mass is 32.2. The van der Waals surface area contributed by atoms with E-state index in [0.29, 0.717) is 13.1 Å². The lowest BCUT2D eigenvalue weighted by Gasteiger charge is -2.26. The van der Waals surface area contributed by atoms with Gasteiger partial charge in [0.25, 0.3) is 0 Å². The van der Waals surface area contributed by atoms with Crippen LogP contribution in [-0.2, 0) is 22.8 Å². The van der Waals surface area contributed by atoms with E-state index < -0.39 is 9.84 Å². The van der Waals surface area contributed by atoms with E-state index in [1.165, 1.54) is 0 Å². The molecule has 20 heavy (non-hydrogen) atoms. The predicted molar refractivity (Wildman–Crippen MR) is 75.2 cm³/mol. The Bertz CT molecular complexity index is 553. The molecule has 1 saturated heterocycles. The van der Waals surface area contributed by atoms with Crippen molar-refractivity contribution in [1.82, 2.24) is 19.8 Å². The van der Waals surface area contributed by atoms with Crippen molar-refractivity contribution in [1.29, 1.82) is 0 Å². The minimum absolute atomic E-state index is 0.0575. The standard InChI is InChI=1S/C12H20N4O3S/c1-2-11-13-3-5-15(11)6-4-14-12(17)16-7-9-20(18,19)10-8-16/h3,5H,2,4,6-10H2,1H3,(H,14,17). The summed E-state index contributed by atoms with van der Waals surface area (Å²) in [5, 5.41) is 2.81. The predicted octanol–water partition coefficient (Wildman–Crippen LogP) is -0.114. The summed E-state index contributed by atoms with van der Waals surface area (Å²) in [6, 6.07) is -0.196. The van der Waals surface area contributed by atoms with E-state index >= 15 is 0 Å². The van der Waals surface area contributed by atoms with Crippen LogP contribution in [0.1, 0.15) is 12.7 Å². The van der Waals surface area contributed by atoms with Gasteiger partial charge in [-0.25, -0.2) is 18.2 Å². The molecule has 112 valence electrons. The molecule has 2 heterocycles. The molecule has 1 aromatic rings. The van der Waals surface area contributed by atoms with Crippen molar-refractivity contribution in [3.8, 4) is 0 Å². The summed E-state index contributed by atoms with van der Waals surface area (Å²) in [6.45, 7) is 3.76. The minimum Gasteiger partial charge on any atom is -0.336 e. The third-order valence-corrected chi connectivity index (χ3v) is 4.99. The van der Waals surface area contributed by atoms with Crippen molar-refractivity contribution >= 4 is 15.9 Å². The average Bonchev–Trinajstić information content (AvgIpc) is 2.86. The second-order valence-corrected chi connectivity index (χ2v) is 7.06. The molecule has 0 saturated carbocycles. The Morgan fingerprint density at radius 1 is 1.40 bits per heavy atom. The number of rotatable bonds is 4. The summed E-state index contributed by atoms with van der Waals surface area (Å²) in [6.07, 6.45) is 4.49. The molecular weight excluding hydrogens is 280 g/mol. The molecule has 2 rings (SSSR count). The van der Waals surface area contributed by atoms with Gasteiger partial charge in [-0.15, -0.1) is 0 Å². The van der Waals surface area contributed by atoms with Gasteiger partial charge in [0.1, 0.15) is 5.82 Å². The quantitative estimate of drug-likeness (QED) is 0.840. The van der Waals surface area contributed by atoms with Crippen LogP contribution in [0.5, 0.6) is 0 Å². The van der Waals surface area contributed by atoms with E-state index in [-0.39, 0.29) is 30.6 Å². The molecule has 2 amide bonds. The van der Waals surface area contributed by atoms with Crippen molar-refractivity contribution in [2.75, 3.05) is 31.1 Å². The van der Waals surface area contributed by atoms with Crippen molar-refractivity contribution in [2.24, 2.45) is 0 Å². The Hall–Kier alpha value is -1.57. The first-order valence-corrected chi connectivity index (χ1v) is 8.57. The number of carbonyl (C=O) groups is 1. The maximum Gasteiger partial charge on any atom is 0.317 e. The molecule has 8 heteroatoms. The van der Waals surface area contributed by atoms with Crippen LogP contribution in [-0.4, -0.2) is 60.0 Å². The lowest BCUT2D eigenvalue weighted by atomic mass is 10.4. The summed E-state index contributed by atoms with van der Waals surface area (Å²) < 4.78 is 24.6. The number of urea groups is 1. The molecule has 0 bridgehead atoms. The third-order valence-electron chi connectivity index (χ3n) is 3.38. The number of nitrogens with one attached hydrogen (secondary N) is 1. The first-order valence-electron chi connectivity index (χ1n) is 6.75. The number of aromatic nitrogens is 2. The number of aryl methyl sites for hydroxylation is 1. The minimum atomic E-state index is -2.95. The lowest BCUT2D eigenvalue weighted by Crippen LogP contribution is -2.48. The van der Waals surface area contributed by atoms with E-state index in [1.54, 1.807) is 11.1 Å². The monoisotopic (exact) mass is 300 g/mol. The van der Waals surface area contributed by atoms with E-state index in [0.717, 1.165) is 12.2 Å². The van der Waals surface area contributed by atoms with Crippen LogP contribution in [0, 0.1) is 0 Å². The third kappa shape index (κ3) is 3.72. The summed E-state index contributed by atoms with van der Waals surface area (Å²) in [7, 11) is -2.95. The molecule has 1 fully saturated rings. The number of imidazole rings is 1. The number of hydrogen-bond donors (Lipinski definition) is 1. The van der Waals surface area contributed by atoms with Gasteiger partial charge >= 0.3 is 6.03 Å². The second kappa shape index (κ2) is 6.25. The van der Waals surface area contributed by atoms with Gasteiger partial charge < -0.3 is 14.8 Å². The first-order chi connectivity index (χ1) is 9.52. The molecular formula is C12H20N4O3S. The van der Waals surface area contributed by atoms with Gasteiger partial charge in [0.15, 0.2) is 9.84 Å². The highest BCUT2D eigenvalue weighted by Gasteiger charge is 2.24. The van der Waals surface area contributed by atoms with Crippen molar-refractivity contribution < 1.29 is 13.2 Å². The van der Waals surface area contributed by atoms with Crippen LogP contribution in [0.3, 0.4) is 0 Å². The number of sulfone groups is 1. The normalized spacial score (nSPS) is 17.9. The van der Waals surface area contributed by atoms with Crippen molar-refractivity contribution in [2.45, 2.75) is 19.9 Å². The fourth-order valence-electron chi connectivity index (χ4n) is 2.17. The number of amides is 2. The maximum absolute atomic E-state index is 11.9. The smallest absolute Gasteiger partial charge is 0.317 e. The van der Waals surface area contributed by atoms with Crippen LogP contribution in [0.2, 0.25) is 0 Å². The Labute approximate surface area is 118 Å². The Kier molecular flexibility index (Phi) is 4.64. The van der Waals surface area contributed by atoms with Gasteiger partial charge in [-0.05, 0) is 0 Å². The van der Waals surface area contributed by atoms with E-state index in [1.807, 2.05) is 17.7 Å². The van der Waals surface area contributed by atoms with Crippen LogP contribution in [0.25, 0.3) is 0 Å². The lowest BCUT2D eigenvalue weighted by molar-refractivity contribution is 0.202. The molecule has 1 aromatic heterocycles. The number of nitrogens with zero attached hydrogens (tertiary/aromatic N) is 3. The summed E-state index contributed by atoms with van der Waals surface area (Å²) in [5.74, 6) is 1.10. The fraction of sp³-hybridized carbons (Fsp3) is 0.667. The Morgan fingerprint density at radius 2 is 2.10 bits per heavy atom. The molecule has 0 aromatic carbocycles. The second-order valence-electron chi connectivity index (χ2n) is 4.76. The van der Waals surface area contributed by atoms with Gasteiger partial charge in [-0.3, -0.25) is 0 Å². The topological polar surface area (TPSA) is 84.3 Å². The zero-order valence-electron chi connectivity index (χ0n) is 11.6. The zero-order chi connectivity index (χ0) is 14.6. The van der Waals surface area contributed by atoms with Gasteiger partial charge in [-0.1, -0.05) is 6.92 Å². The molecule has 1 N–H and O–H groups in total. The first kappa shape index (κ1) is 14.8. The van der Waals surface area contributed by atoms with Crippen LogP contribution in [0.4, 0.5) is 4.79 Å². The SMILES string of the molecule is CCc1nccn1CCNC(=O)N1CCS(=O)(=O)CC1. The highest BCUT2D eigenvalue weighted by molar-refractivity contribution is 7.91. The van der Waals surface area contributed by atoms with Crippen molar-refractivity contribution in [3.05, 3.63) is 18.2 Å². The summed E-state index contributed by atoms with van der Waals surface area (Å²) in [5.41, 5.74) is 0. The van der Waals surface area contributed by atoms with E-state index in [2.05, 4.69) is 10.3 Å². The molecule has 7 nitrogen and oxygen atoms in total. The molecule has 0 atom stereocenters. The Balaban J connectivity index is 1.76. The zero-order valence-corrected chi connectivity index (χ0v) is 12.4. The molecule has 1 aliphatic rings. The average molecular weight is 300 g/mol. The highest BCUT2D eigenvalue weighted by Crippen LogP contribution is 2.03. The van der Waals surface area contributed by atoms with Crippen LogP contribution >= 0.6 is 0 Å². The molecule has 1 aliphatic heterocycles. The van der Waals surface area contributed by atoms with E-state index in [9.17, 15) is 13.2 Å². The molecule has 0 unspecified atom stereocenters. The van der Waals surface area contributed by atoms with Gasteiger partial charge in [-0.2, -0.15) is 0 Å². The summed E-state index contributed by atoms with van der Waals surface area (Å²) in [4.78, 5) is 17.6. The maximum atomic E-state index is 11.9. The van der Waals surface area contributed by atoms with Gasteiger partial charge in [0.05, 0.1) is 11.5 Å². The van der Waals surface area contributed by atoms with Crippen LogP contribution < -0.4 is 5.32 Å². The largest absolute Gasteiger partial charge is 0.336 e. The van der Waals surface area contributed by atoms with Crippen molar-refractivity contribution in [3.63, 3.8) is 0 Å². The number of hydrogen-bond acceptors (Lipinski definition) is 4. The summed E-state index contributed by atoms with van der Waals surface area (Å²) >= 11 is 0. The molecule has 0 spiro atoms. The molecule has 0 aliphatic carbocycles. The number of carbonyl (C=O) groups excluding carboxylic acids is 1. The van der Waals surface area contributed by atoms with Crippen LogP contribution in [0.15, 0.2) is 12.4 Å².